The second kappa shape index (κ2) is 19.6. The third-order valence-electron chi connectivity index (χ3n) is 9.97. The molecule has 2 atom stereocenters. The molecule has 3 aromatic rings. The quantitative estimate of drug-likeness (QED) is 0.0935. The zero-order chi connectivity index (χ0) is 39.4. The molecule has 5 rings (SSSR count). The zero-order valence-electron chi connectivity index (χ0n) is 31.8. The summed E-state index contributed by atoms with van der Waals surface area (Å²) in [7, 11) is -2.36. The summed E-state index contributed by atoms with van der Waals surface area (Å²) in [5.41, 5.74) is 2.68. The lowest BCUT2D eigenvalue weighted by Crippen LogP contribution is -2.76. The third-order valence-corrected chi connectivity index (χ3v) is 11.2. The van der Waals surface area contributed by atoms with Crippen LogP contribution in [0.4, 0.5) is 4.79 Å². The number of benzene rings is 3. The molecule has 2 heterocycles. The number of hydrazine groups is 1. The standard InChI is InChI=1S/C41H53N5O8S/c1-4-6-7-8-9-13-24-55(51,52)54-30-35-33(17-14-18-37(35)53-3)27-43-28-38-45(36(40(43)49)25-31-19-21-34(47)22-20-31)39(48)29-44(23-5-2)46(38)41(50)42-26-32-15-11-10-12-16-32/h5,10-12,14-22,36,38,47H,2,4,6-9,13,23-30H2,1,3H3,(H,42,50)/t36-,38-/m0/s1. The van der Waals surface area contributed by atoms with Gasteiger partial charge in [-0.25, -0.2) is 14.8 Å². The van der Waals surface area contributed by atoms with Crippen molar-refractivity contribution in [1.29, 1.82) is 0 Å². The molecule has 55 heavy (non-hydrogen) atoms. The van der Waals surface area contributed by atoms with Crippen molar-refractivity contribution >= 4 is 28.0 Å². The number of methoxy groups -OCH3 is 1. The highest BCUT2D eigenvalue weighted by Gasteiger charge is 2.51. The second-order valence-corrected chi connectivity index (χ2v) is 15.7. The number of amides is 4. The zero-order valence-corrected chi connectivity index (χ0v) is 32.6. The summed E-state index contributed by atoms with van der Waals surface area (Å²) in [6.07, 6.45) is 6.44. The molecule has 2 aliphatic heterocycles. The number of rotatable bonds is 19. The van der Waals surface area contributed by atoms with Crippen LogP contribution in [0.3, 0.4) is 0 Å². The minimum Gasteiger partial charge on any atom is -0.508 e. The van der Waals surface area contributed by atoms with Gasteiger partial charge in [-0.1, -0.05) is 99.7 Å². The number of unbranched alkanes of at least 4 members (excludes halogenated alkanes) is 5. The molecule has 0 spiro atoms. The fourth-order valence-corrected chi connectivity index (χ4v) is 8.11. The van der Waals surface area contributed by atoms with Crippen molar-refractivity contribution in [1.82, 2.24) is 25.1 Å². The van der Waals surface area contributed by atoms with Gasteiger partial charge in [0.25, 0.3) is 10.1 Å². The number of fused-ring (bicyclic) bond motifs is 1. The largest absolute Gasteiger partial charge is 0.508 e. The van der Waals surface area contributed by atoms with Gasteiger partial charge in [0.1, 0.15) is 23.7 Å². The van der Waals surface area contributed by atoms with Crippen LogP contribution in [0.2, 0.25) is 0 Å². The van der Waals surface area contributed by atoms with E-state index in [9.17, 15) is 27.9 Å². The Morgan fingerprint density at radius 1 is 0.964 bits per heavy atom. The van der Waals surface area contributed by atoms with Crippen LogP contribution in [0, 0.1) is 0 Å². The van der Waals surface area contributed by atoms with E-state index in [0.717, 1.165) is 37.7 Å². The number of nitrogens with one attached hydrogen (secondary N) is 1. The van der Waals surface area contributed by atoms with Gasteiger partial charge in [0.15, 0.2) is 0 Å². The van der Waals surface area contributed by atoms with Crippen LogP contribution in [0.1, 0.15) is 67.7 Å². The lowest BCUT2D eigenvalue weighted by Gasteiger charge is -2.55. The van der Waals surface area contributed by atoms with Gasteiger partial charge in [-0.05, 0) is 41.3 Å². The Kier molecular flexibility index (Phi) is 14.7. The predicted octanol–water partition coefficient (Wildman–Crippen LogP) is 5.34. The molecule has 0 aromatic heterocycles. The summed E-state index contributed by atoms with van der Waals surface area (Å²) in [4.78, 5) is 45.7. The molecule has 2 aliphatic rings. The van der Waals surface area contributed by atoms with E-state index in [0.29, 0.717) is 28.9 Å². The van der Waals surface area contributed by atoms with Crippen LogP contribution in [-0.2, 0) is 50.0 Å². The second-order valence-electron chi connectivity index (χ2n) is 13.9. The molecule has 0 unspecified atom stereocenters. The van der Waals surface area contributed by atoms with Crippen LogP contribution in [0.5, 0.6) is 11.5 Å². The number of phenols is 1. The molecule has 0 bridgehead atoms. The van der Waals surface area contributed by atoms with Crippen molar-refractivity contribution < 1.29 is 36.8 Å². The van der Waals surface area contributed by atoms with Crippen molar-refractivity contribution in [3.63, 3.8) is 0 Å². The van der Waals surface area contributed by atoms with Gasteiger partial charge >= 0.3 is 6.03 Å². The number of carbonyl (C=O) groups excluding carboxylic acids is 3. The van der Waals surface area contributed by atoms with Gasteiger partial charge < -0.3 is 25.0 Å². The number of carbonyl (C=O) groups is 3. The summed E-state index contributed by atoms with van der Waals surface area (Å²) >= 11 is 0. The van der Waals surface area contributed by atoms with Crippen molar-refractivity contribution in [3.05, 3.63) is 108 Å². The first kappa shape index (κ1) is 41.2. The lowest BCUT2D eigenvalue weighted by molar-refractivity contribution is -0.189. The number of nitrogens with zero attached hydrogens (tertiary/aromatic N) is 4. The maximum Gasteiger partial charge on any atom is 0.334 e. The van der Waals surface area contributed by atoms with Gasteiger partial charge in [0.2, 0.25) is 11.8 Å². The summed E-state index contributed by atoms with van der Waals surface area (Å²) < 4.78 is 37.1. The van der Waals surface area contributed by atoms with E-state index in [-0.39, 0.29) is 69.1 Å². The van der Waals surface area contributed by atoms with Crippen LogP contribution in [0.25, 0.3) is 0 Å². The molecular formula is C41H53N5O8S. The number of urea groups is 1. The van der Waals surface area contributed by atoms with E-state index in [2.05, 4.69) is 18.8 Å². The highest BCUT2D eigenvalue weighted by Crippen LogP contribution is 2.32. The van der Waals surface area contributed by atoms with Gasteiger partial charge in [-0.2, -0.15) is 8.42 Å². The fourth-order valence-electron chi connectivity index (χ4n) is 7.14. The molecule has 13 nitrogen and oxygen atoms in total. The Morgan fingerprint density at radius 3 is 2.40 bits per heavy atom. The van der Waals surface area contributed by atoms with E-state index in [4.69, 9.17) is 8.92 Å². The maximum atomic E-state index is 14.6. The molecule has 3 aromatic carbocycles. The SMILES string of the molecule is C=CCN1CC(=O)N2[C@@H](Cc3ccc(O)cc3)C(=O)N(Cc3cccc(OC)c3COS(=O)(=O)CCCCCCCC)C[C@@H]2N1C(=O)NCc1ccccc1. The Labute approximate surface area is 324 Å². The van der Waals surface area contributed by atoms with Crippen molar-refractivity contribution in [3.8, 4) is 11.5 Å². The van der Waals surface area contributed by atoms with Crippen molar-refractivity contribution in [2.24, 2.45) is 0 Å². The van der Waals surface area contributed by atoms with E-state index in [1.165, 1.54) is 29.2 Å². The monoisotopic (exact) mass is 775 g/mol. The molecule has 4 amide bonds. The van der Waals surface area contributed by atoms with Gasteiger partial charge in [0.05, 0.1) is 32.6 Å². The Bertz CT molecular complexity index is 1870. The van der Waals surface area contributed by atoms with Crippen LogP contribution in [-0.4, -0.2) is 95.9 Å². The van der Waals surface area contributed by atoms with E-state index in [1.807, 2.05) is 30.3 Å². The summed E-state index contributed by atoms with van der Waals surface area (Å²) in [6.45, 7) is 5.99. The smallest absolute Gasteiger partial charge is 0.334 e. The molecule has 2 saturated heterocycles. The fraction of sp³-hybridized carbons (Fsp3) is 0.439. The molecule has 2 N–H and O–H groups in total. The van der Waals surface area contributed by atoms with Crippen LogP contribution >= 0.6 is 0 Å². The molecular weight excluding hydrogens is 723 g/mol. The number of ether oxygens (including phenoxy) is 1. The predicted molar refractivity (Wildman–Crippen MR) is 209 cm³/mol. The molecule has 0 radical (unpaired) electrons. The Morgan fingerprint density at radius 2 is 1.69 bits per heavy atom. The minimum atomic E-state index is -3.84. The van der Waals surface area contributed by atoms with Crippen LogP contribution in [0.15, 0.2) is 85.5 Å². The average Bonchev–Trinajstić information content (AvgIpc) is 3.17. The van der Waals surface area contributed by atoms with Gasteiger partial charge in [-0.15, -0.1) is 6.58 Å². The minimum absolute atomic E-state index is 0.0255. The average molecular weight is 776 g/mol. The van der Waals surface area contributed by atoms with Crippen molar-refractivity contribution in [2.75, 3.05) is 32.5 Å². The topological polar surface area (TPSA) is 149 Å². The van der Waals surface area contributed by atoms with Crippen molar-refractivity contribution in [2.45, 2.75) is 83.8 Å². The molecule has 14 heteroatoms. The van der Waals surface area contributed by atoms with E-state index >= 15 is 0 Å². The Hall–Kier alpha value is -4.92. The Balaban J connectivity index is 1.44. The van der Waals surface area contributed by atoms with Gasteiger partial charge in [-0.3, -0.25) is 13.8 Å². The summed E-state index contributed by atoms with van der Waals surface area (Å²) in [6, 6.07) is 19.7. The van der Waals surface area contributed by atoms with Crippen LogP contribution < -0.4 is 10.1 Å². The number of hydrogen-bond donors (Lipinski definition) is 2. The molecule has 0 saturated carbocycles. The van der Waals surface area contributed by atoms with E-state index < -0.39 is 28.4 Å². The first-order valence-electron chi connectivity index (χ1n) is 18.9. The molecule has 0 aliphatic carbocycles. The summed E-state index contributed by atoms with van der Waals surface area (Å²) in [5, 5.41) is 16.1. The number of phenolic OH excluding ortho intramolecular Hbond substituents is 1. The highest BCUT2D eigenvalue weighted by atomic mass is 32.2. The first-order chi connectivity index (χ1) is 26.5. The number of piperazine rings is 1. The van der Waals surface area contributed by atoms with Gasteiger partial charge in [0, 0.05) is 31.6 Å². The maximum absolute atomic E-state index is 14.6. The molecule has 2 fully saturated rings. The normalized spacial score (nSPS) is 17.6. The summed E-state index contributed by atoms with van der Waals surface area (Å²) in [5.74, 6) is -0.282. The third kappa shape index (κ3) is 10.9. The van der Waals surface area contributed by atoms with E-state index in [1.54, 1.807) is 46.3 Å². The highest BCUT2D eigenvalue weighted by molar-refractivity contribution is 7.86. The number of hydrogen-bond acceptors (Lipinski definition) is 9. The number of aromatic hydroxyl groups is 1. The first-order valence-corrected chi connectivity index (χ1v) is 20.5. The molecule has 296 valence electrons. The lowest BCUT2D eigenvalue weighted by atomic mass is 9.97.